The second-order valence-corrected chi connectivity index (χ2v) is 5.76. The largest absolute Gasteiger partial charge is 0.339 e. The van der Waals surface area contributed by atoms with Crippen molar-refractivity contribution in [2.45, 2.75) is 31.6 Å². The van der Waals surface area contributed by atoms with Crippen LogP contribution in [0.3, 0.4) is 0 Å². The van der Waals surface area contributed by atoms with Crippen LogP contribution in [-0.2, 0) is 0 Å². The number of benzene rings is 1. The Kier molecular flexibility index (Phi) is 5.59. The molecule has 1 N–H and O–H groups in total. The quantitative estimate of drug-likeness (QED) is 0.910. The van der Waals surface area contributed by atoms with E-state index < -0.39 is 0 Å². The van der Waals surface area contributed by atoms with E-state index >= 15 is 0 Å². The van der Waals surface area contributed by atoms with E-state index in [1.807, 2.05) is 4.90 Å². The first-order chi connectivity index (χ1) is 9.75. The lowest BCUT2D eigenvalue weighted by Gasteiger charge is -2.24. The lowest BCUT2D eigenvalue weighted by atomic mass is 9.89. The van der Waals surface area contributed by atoms with Gasteiger partial charge in [0, 0.05) is 18.7 Å². The first kappa shape index (κ1) is 16.2. The summed E-state index contributed by atoms with van der Waals surface area (Å²) in [5, 5.41) is 3.29. The average molecular weight is 313 g/mol. The van der Waals surface area contributed by atoms with Crippen LogP contribution >= 0.6 is 12.4 Å². The van der Waals surface area contributed by atoms with Crippen LogP contribution in [-0.4, -0.2) is 37.0 Å². The van der Waals surface area contributed by atoms with E-state index in [-0.39, 0.29) is 30.0 Å². The number of piperidine rings is 1. The fourth-order valence-corrected chi connectivity index (χ4v) is 3.23. The Hall–Kier alpha value is -1.13. The molecular formula is C16H22ClFN2O. The summed E-state index contributed by atoms with van der Waals surface area (Å²) in [6, 6.07) is 4.87. The highest BCUT2D eigenvalue weighted by molar-refractivity contribution is 5.94. The van der Waals surface area contributed by atoms with Crippen molar-refractivity contribution in [3.05, 3.63) is 35.1 Å². The maximum Gasteiger partial charge on any atom is 0.253 e. The van der Waals surface area contributed by atoms with Crippen LogP contribution in [0.2, 0.25) is 0 Å². The molecule has 1 amide bonds. The highest BCUT2D eigenvalue weighted by atomic mass is 35.5. The van der Waals surface area contributed by atoms with Gasteiger partial charge in [0.25, 0.3) is 5.91 Å². The molecule has 21 heavy (non-hydrogen) atoms. The number of hydrogen-bond acceptors (Lipinski definition) is 2. The number of amides is 1. The Morgan fingerprint density at radius 2 is 1.86 bits per heavy atom. The topological polar surface area (TPSA) is 32.3 Å². The van der Waals surface area contributed by atoms with Gasteiger partial charge in [-0.05, 0) is 68.5 Å². The maximum absolute atomic E-state index is 14.0. The Balaban J connectivity index is 0.00000161. The number of likely N-dealkylation sites (tertiary alicyclic amines) is 1. The maximum atomic E-state index is 14.0. The van der Waals surface area contributed by atoms with Crippen molar-refractivity contribution in [2.75, 3.05) is 26.2 Å². The summed E-state index contributed by atoms with van der Waals surface area (Å²) in [6.07, 6.45) is 4.04. The molecule has 0 aliphatic carbocycles. The van der Waals surface area contributed by atoms with E-state index in [1.54, 1.807) is 12.1 Å². The first-order valence-electron chi connectivity index (χ1n) is 7.55. The van der Waals surface area contributed by atoms with Gasteiger partial charge in [0.05, 0.1) is 0 Å². The zero-order chi connectivity index (χ0) is 13.9. The summed E-state index contributed by atoms with van der Waals surface area (Å²) < 4.78 is 14.0. The van der Waals surface area contributed by atoms with Crippen LogP contribution in [0, 0.1) is 5.82 Å². The van der Waals surface area contributed by atoms with E-state index in [2.05, 4.69) is 5.32 Å². The second kappa shape index (κ2) is 7.23. The Labute approximate surface area is 131 Å². The molecule has 1 aromatic rings. The second-order valence-electron chi connectivity index (χ2n) is 5.76. The number of nitrogens with one attached hydrogen (secondary N) is 1. The van der Waals surface area contributed by atoms with E-state index in [0.717, 1.165) is 57.4 Å². The van der Waals surface area contributed by atoms with Crippen molar-refractivity contribution in [1.29, 1.82) is 0 Å². The predicted molar refractivity (Wildman–Crippen MR) is 83.6 cm³/mol. The molecule has 2 aliphatic heterocycles. The van der Waals surface area contributed by atoms with Crippen molar-refractivity contribution in [2.24, 2.45) is 0 Å². The Bertz CT molecular complexity index is 497. The number of nitrogens with zero attached hydrogens (tertiary/aromatic N) is 1. The van der Waals surface area contributed by atoms with E-state index in [4.69, 9.17) is 0 Å². The van der Waals surface area contributed by atoms with Gasteiger partial charge in [0.2, 0.25) is 0 Å². The molecule has 1 aromatic carbocycles. The van der Waals surface area contributed by atoms with E-state index in [1.165, 1.54) is 6.07 Å². The van der Waals surface area contributed by atoms with Gasteiger partial charge in [-0.2, -0.15) is 0 Å². The molecule has 0 unspecified atom stereocenters. The first-order valence-corrected chi connectivity index (χ1v) is 7.55. The van der Waals surface area contributed by atoms with Crippen molar-refractivity contribution >= 4 is 18.3 Å². The molecule has 0 saturated carbocycles. The third kappa shape index (κ3) is 3.55. The monoisotopic (exact) mass is 312 g/mol. The molecule has 3 nitrogen and oxygen atoms in total. The lowest BCUT2D eigenvalue weighted by molar-refractivity contribution is 0.0792. The van der Waals surface area contributed by atoms with Crippen LogP contribution in [0.25, 0.3) is 0 Å². The molecule has 0 spiro atoms. The zero-order valence-electron chi connectivity index (χ0n) is 12.1. The van der Waals surface area contributed by atoms with Crippen molar-refractivity contribution in [1.82, 2.24) is 10.2 Å². The fraction of sp³-hybridized carbons (Fsp3) is 0.562. The van der Waals surface area contributed by atoms with Gasteiger partial charge >= 0.3 is 0 Å². The van der Waals surface area contributed by atoms with Crippen molar-refractivity contribution < 1.29 is 9.18 Å². The minimum absolute atomic E-state index is 0. The molecular weight excluding hydrogens is 291 g/mol. The number of rotatable bonds is 2. The highest BCUT2D eigenvalue weighted by Crippen LogP contribution is 2.28. The van der Waals surface area contributed by atoms with E-state index in [0.29, 0.717) is 5.56 Å². The van der Waals surface area contributed by atoms with Crippen molar-refractivity contribution in [3.63, 3.8) is 0 Å². The third-order valence-electron chi connectivity index (χ3n) is 4.42. The SMILES string of the molecule is Cl.O=C(c1ccc(F)c(C2CCNCC2)c1)N1CCCC1. The molecule has 116 valence electrons. The smallest absolute Gasteiger partial charge is 0.253 e. The number of carbonyl (C=O) groups excluding carboxylic acids is 1. The molecule has 0 atom stereocenters. The summed E-state index contributed by atoms with van der Waals surface area (Å²) in [6.45, 7) is 3.51. The summed E-state index contributed by atoms with van der Waals surface area (Å²) >= 11 is 0. The molecule has 5 heteroatoms. The van der Waals surface area contributed by atoms with Gasteiger partial charge in [-0.1, -0.05) is 0 Å². The normalized spacial score (nSPS) is 19.4. The van der Waals surface area contributed by atoms with Gasteiger partial charge < -0.3 is 10.2 Å². The number of hydrogen-bond donors (Lipinski definition) is 1. The van der Waals surface area contributed by atoms with Crippen LogP contribution in [0.1, 0.15) is 47.5 Å². The van der Waals surface area contributed by atoms with Gasteiger partial charge in [0.15, 0.2) is 0 Å². The molecule has 2 heterocycles. The zero-order valence-corrected chi connectivity index (χ0v) is 12.9. The molecule has 2 aliphatic rings. The third-order valence-corrected chi connectivity index (χ3v) is 4.42. The molecule has 0 aromatic heterocycles. The minimum Gasteiger partial charge on any atom is -0.339 e. The Morgan fingerprint density at radius 1 is 1.19 bits per heavy atom. The predicted octanol–water partition coefficient (Wildman–Crippen LogP) is 2.95. The van der Waals surface area contributed by atoms with Crippen LogP contribution < -0.4 is 5.32 Å². The minimum atomic E-state index is -0.171. The van der Waals surface area contributed by atoms with Crippen LogP contribution in [0.15, 0.2) is 18.2 Å². The average Bonchev–Trinajstić information content (AvgIpc) is 3.02. The number of carbonyl (C=O) groups is 1. The van der Waals surface area contributed by atoms with Gasteiger partial charge in [-0.3, -0.25) is 4.79 Å². The highest BCUT2D eigenvalue weighted by Gasteiger charge is 2.23. The summed E-state index contributed by atoms with van der Waals surface area (Å²) in [5.74, 6) is 0.120. The van der Waals surface area contributed by atoms with Gasteiger partial charge in [-0.25, -0.2) is 4.39 Å². The summed E-state index contributed by atoms with van der Waals surface area (Å²) in [7, 11) is 0. The molecule has 3 rings (SSSR count). The summed E-state index contributed by atoms with van der Waals surface area (Å²) in [5.41, 5.74) is 1.36. The van der Waals surface area contributed by atoms with Gasteiger partial charge in [-0.15, -0.1) is 12.4 Å². The Morgan fingerprint density at radius 3 is 2.52 bits per heavy atom. The standard InChI is InChI=1S/C16H21FN2O.ClH/c17-15-4-3-13(16(20)19-9-1-2-10-19)11-14(15)12-5-7-18-8-6-12;/h3-4,11-12,18H,1-2,5-10H2;1H. The van der Waals surface area contributed by atoms with E-state index in [9.17, 15) is 9.18 Å². The van der Waals surface area contributed by atoms with Gasteiger partial charge in [0.1, 0.15) is 5.82 Å². The molecule has 0 bridgehead atoms. The molecule has 2 fully saturated rings. The van der Waals surface area contributed by atoms with Crippen LogP contribution in [0.5, 0.6) is 0 Å². The lowest BCUT2D eigenvalue weighted by Crippen LogP contribution is -2.29. The fourth-order valence-electron chi connectivity index (χ4n) is 3.23. The summed E-state index contributed by atoms with van der Waals surface area (Å²) in [4.78, 5) is 14.3. The van der Waals surface area contributed by atoms with Crippen LogP contribution in [0.4, 0.5) is 4.39 Å². The number of halogens is 2. The molecule has 0 radical (unpaired) electrons. The van der Waals surface area contributed by atoms with Crippen molar-refractivity contribution in [3.8, 4) is 0 Å². The molecule has 2 saturated heterocycles.